The molecule has 0 unspecified atom stereocenters. The summed E-state index contributed by atoms with van der Waals surface area (Å²) in [6.07, 6.45) is 0. The number of carbonyl (C=O) groups excluding carboxylic acids is 1. The van der Waals surface area contributed by atoms with E-state index in [1.165, 1.54) is 0 Å². The van der Waals surface area contributed by atoms with Crippen molar-refractivity contribution < 1.29 is 14.3 Å². The van der Waals surface area contributed by atoms with Gasteiger partial charge in [0, 0.05) is 25.7 Å². The first-order valence-corrected chi connectivity index (χ1v) is 9.16. The maximum absolute atomic E-state index is 11.9. The first kappa shape index (κ1) is 18.0. The third-order valence-electron chi connectivity index (χ3n) is 3.98. The molecule has 1 amide bonds. The molecule has 3 aromatic rings. The Labute approximate surface area is 157 Å². The Balaban J connectivity index is 1.73. The second-order valence-corrected chi connectivity index (χ2v) is 6.87. The van der Waals surface area contributed by atoms with Crippen molar-refractivity contribution in [3.63, 3.8) is 0 Å². The summed E-state index contributed by atoms with van der Waals surface area (Å²) in [5.41, 5.74) is 3.87. The molecule has 26 heavy (non-hydrogen) atoms. The first-order chi connectivity index (χ1) is 12.6. The van der Waals surface area contributed by atoms with Crippen LogP contribution in [-0.2, 0) is 6.61 Å². The molecule has 0 spiro atoms. The highest BCUT2D eigenvalue weighted by Crippen LogP contribution is 2.31. The van der Waals surface area contributed by atoms with Gasteiger partial charge in [-0.25, -0.2) is 0 Å². The number of carbonyl (C=O) groups is 1. The lowest BCUT2D eigenvalue weighted by atomic mass is 10.1. The molecule has 0 aliphatic heterocycles. The van der Waals surface area contributed by atoms with Crippen LogP contribution in [0.2, 0.25) is 0 Å². The summed E-state index contributed by atoms with van der Waals surface area (Å²) < 4.78 is 11.3. The van der Waals surface area contributed by atoms with Crippen molar-refractivity contribution in [1.82, 2.24) is 4.90 Å². The number of methoxy groups -OCH3 is 1. The van der Waals surface area contributed by atoms with E-state index in [1.54, 1.807) is 37.4 Å². The van der Waals surface area contributed by atoms with E-state index in [0.29, 0.717) is 12.2 Å². The van der Waals surface area contributed by atoms with Crippen LogP contribution in [-0.4, -0.2) is 32.0 Å². The van der Waals surface area contributed by atoms with Gasteiger partial charge in [-0.15, -0.1) is 0 Å². The fraction of sp³-hybridized carbons (Fsp3) is 0.190. The minimum atomic E-state index is -0.00864. The molecule has 3 rings (SSSR count). The third-order valence-corrected chi connectivity index (χ3v) is 4.67. The molecule has 0 fully saturated rings. The van der Waals surface area contributed by atoms with Crippen LogP contribution in [0.4, 0.5) is 0 Å². The van der Waals surface area contributed by atoms with Gasteiger partial charge < -0.3 is 14.4 Å². The molecule has 0 radical (unpaired) electrons. The Morgan fingerprint density at radius 2 is 1.73 bits per heavy atom. The summed E-state index contributed by atoms with van der Waals surface area (Å²) in [4.78, 5) is 13.5. The predicted octanol–water partition coefficient (Wildman–Crippen LogP) is 4.70. The zero-order valence-corrected chi connectivity index (χ0v) is 15.9. The summed E-state index contributed by atoms with van der Waals surface area (Å²) in [5, 5.41) is 4.14. The third kappa shape index (κ3) is 4.24. The minimum absolute atomic E-state index is 0.00864. The van der Waals surface area contributed by atoms with E-state index in [2.05, 4.69) is 11.4 Å². The van der Waals surface area contributed by atoms with E-state index in [9.17, 15) is 4.79 Å². The molecule has 0 aliphatic rings. The zero-order chi connectivity index (χ0) is 18.5. The minimum Gasteiger partial charge on any atom is -0.497 e. The van der Waals surface area contributed by atoms with Crippen LogP contribution in [0, 0.1) is 0 Å². The van der Waals surface area contributed by atoms with E-state index in [0.717, 1.165) is 28.2 Å². The van der Waals surface area contributed by atoms with Crippen molar-refractivity contribution in [1.29, 1.82) is 0 Å². The lowest BCUT2D eigenvalue weighted by Gasteiger charge is -2.12. The molecule has 2 aromatic carbocycles. The number of nitrogens with zero attached hydrogens (tertiary/aromatic N) is 1. The van der Waals surface area contributed by atoms with Gasteiger partial charge in [0.05, 0.1) is 7.11 Å². The summed E-state index contributed by atoms with van der Waals surface area (Å²) in [7, 11) is 5.14. The standard InChI is InChI=1S/C21H21NO3S/c1-22(2)21(23)16-6-4-15(5-7-16)13-25-20-11-18(10-19(12-20)24-3)17-8-9-26-14-17/h4-12,14H,13H2,1-3H3. The van der Waals surface area contributed by atoms with E-state index < -0.39 is 0 Å². The lowest BCUT2D eigenvalue weighted by molar-refractivity contribution is 0.0827. The molecule has 0 N–H and O–H groups in total. The molecule has 134 valence electrons. The molecule has 0 atom stereocenters. The van der Waals surface area contributed by atoms with Crippen molar-refractivity contribution in [3.8, 4) is 22.6 Å². The Morgan fingerprint density at radius 1 is 1.00 bits per heavy atom. The highest BCUT2D eigenvalue weighted by molar-refractivity contribution is 7.08. The van der Waals surface area contributed by atoms with Crippen LogP contribution in [0.5, 0.6) is 11.5 Å². The molecule has 1 heterocycles. The van der Waals surface area contributed by atoms with Gasteiger partial charge in [0.2, 0.25) is 0 Å². The van der Waals surface area contributed by atoms with Crippen LogP contribution in [0.3, 0.4) is 0 Å². The molecular formula is C21H21NO3S. The second-order valence-electron chi connectivity index (χ2n) is 6.09. The number of rotatable bonds is 6. The molecule has 4 nitrogen and oxygen atoms in total. The van der Waals surface area contributed by atoms with Crippen molar-refractivity contribution in [2.24, 2.45) is 0 Å². The normalized spacial score (nSPS) is 10.4. The first-order valence-electron chi connectivity index (χ1n) is 8.22. The van der Waals surface area contributed by atoms with Crippen molar-refractivity contribution >= 4 is 17.2 Å². The number of ether oxygens (including phenoxy) is 2. The summed E-state index contributed by atoms with van der Waals surface area (Å²) in [5.74, 6) is 1.50. The summed E-state index contributed by atoms with van der Waals surface area (Å²) in [6, 6.07) is 15.4. The molecular weight excluding hydrogens is 346 g/mol. The summed E-state index contributed by atoms with van der Waals surface area (Å²) in [6.45, 7) is 0.423. The monoisotopic (exact) mass is 367 g/mol. The van der Waals surface area contributed by atoms with Gasteiger partial charge in [0.1, 0.15) is 18.1 Å². The fourth-order valence-electron chi connectivity index (χ4n) is 2.54. The number of amides is 1. The predicted molar refractivity (Wildman–Crippen MR) is 105 cm³/mol. The summed E-state index contributed by atoms with van der Waals surface area (Å²) >= 11 is 1.66. The van der Waals surface area contributed by atoms with E-state index in [1.807, 2.05) is 47.8 Å². The van der Waals surface area contributed by atoms with Gasteiger partial charge in [-0.2, -0.15) is 11.3 Å². The lowest BCUT2D eigenvalue weighted by Crippen LogP contribution is -2.21. The average Bonchev–Trinajstić information content (AvgIpc) is 3.20. The zero-order valence-electron chi connectivity index (χ0n) is 15.1. The van der Waals surface area contributed by atoms with Crippen LogP contribution in [0.15, 0.2) is 59.3 Å². The maximum Gasteiger partial charge on any atom is 0.253 e. The van der Waals surface area contributed by atoms with Gasteiger partial charge in [-0.05, 0) is 57.8 Å². The van der Waals surface area contributed by atoms with Crippen molar-refractivity contribution in [3.05, 3.63) is 70.4 Å². The Kier molecular flexibility index (Phi) is 5.58. The van der Waals surface area contributed by atoms with Crippen LogP contribution < -0.4 is 9.47 Å². The Bertz CT molecular complexity index is 871. The van der Waals surface area contributed by atoms with E-state index in [4.69, 9.17) is 9.47 Å². The Morgan fingerprint density at radius 3 is 2.35 bits per heavy atom. The largest absolute Gasteiger partial charge is 0.497 e. The Hall–Kier alpha value is -2.79. The van der Waals surface area contributed by atoms with Crippen LogP contribution >= 0.6 is 11.3 Å². The number of hydrogen-bond acceptors (Lipinski definition) is 4. The van der Waals surface area contributed by atoms with Gasteiger partial charge in [0.15, 0.2) is 0 Å². The van der Waals surface area contributed by atoms with Crippen molar-refractivity contribution in [2.45, 2.75) is 6.61 Å². The number of hydrogen-bond donors (Lipinski definition) is 0. The van der Waals surface area contributed by atoms with Crippen molar-refractivity contribution in [2.75, 3.05) is 21.2 Å². The van der Waals surface area contributed by atoms with Gasteiger partial charge in [-0.3, -0.25) is 4.79 Å². The van der Waals surface area contributed by atoms with E-state index >= 15 is 0 Å². The molecule has 5 heteroatoms. The van der Waals surface area contributed by atoms with E-state index in [-0.39, 0.29) is 5.91 Å². The number of thiophene rings is 1. The SMILES string of the molecule is COc1cc(OCc2ccc(C(=O)N(C)C)cc2)cc(-c2ccsc2)c1. The highest BCUT2D eigenvalue weighted by atomic mass is 32.1. The van der Waals surface area contributed by atoms with Crippen LogP contribution in [0.25, 0.3) is 11.1 Å². The molecule has 0 saturated carbocycles. The molecule has 1 aromatic heterocycles. The maximum atomic E-state index is 11.9. The average molecular weight is 367 g/mol. The molecule has 0 aliphatic carbocycles. The quantitative estimate of drug-likeness (QED) is 0.634. The van der Waals surface area contributed by atoms with Gasteiger partial charge >= 0.3 is 0 Å². The molecule has 0 bridgehead atoms. The number of benzene rings is 2. The highest BCUT2D eigenvalue weighted by Gasteiger charge is 2.08. The molecule has 0 saturated heterocycles. The van der Waals surface area contributed by atoms with Crippen LogP contribution in [0.1, 0.15) is 15.9 Å². The second kappa shape index (κ2) is 8.06. The topological polar surface area (TPSA) is 38.8 Å². The van der Waals surface area contributed by atoms with Gasteiger partial charge in [0.25, 0.3) is 5.91 Å². The fourth-order valence-corrected chi connectivity index (χ4v) is 3.20. The van der Waals surface area contributed by atoms with Gasteiger partial charge in [-0.1, -0.05) is 12.1 Å². The smallest absolute Gasteiger partial charge is 0.253 e.